The zero-order chi connectivity index (χ0) is 12.3. The average molecular weight is 358 g/mol. The Morgan fingerprint density at radius 2 is 1.88 bits per heavy atom. The Hall–Kier alpha value is -1.07. The van der Waals surface area contributed by atoms with E-state index in [1.807, 2.05) is 30.3 Å². The van der Waals surface area contributed by atoms with Crippen molar-refractivity contribution in [3.8, 4) is 0 Å². The number of carbonyl (C=O) groups is 1. The smallest absolute Gasteiger partial charge is 0.255 e. The zero-order valence-electron chi connectivity index (χ0n) is 8.78. The van der Waals surface area contributed by atoms with Crippen LogP contribution in [0.5, 0.6) is 0 Å². The molecule has 2 rings (SSSR count). The van der Waals surface area contributed by atoms with E-state index in [9.17, 15) is 4.79 Å². The molecule has 0 unspecified atom stereocenters. The molecular formula is C13H9ClINO. The van der Waals surface area contributed by atoms with Crippen LogP contribution in [0.4, 0.5) is 5.69 Å². The van der Waals surface area contributed by atoms with Crippen molar-refractivity contribution in [3.63, 3.8) is 0 Å². The number of rotatable bonds is 2. The Morgan fingerprint density at radius 1 is 1.12 bits per heavy atom. The molecule has 1 N–H and O–H groups in total. The standard InChI is InChI=1S/C13H9ClINO/c14-11-6-1-2-7-12(11)16-13(17)9-4-3-5-10(15)8-9/h1-8H,(H,16,17). The summed E-state index contributed by atoms with van der Waals surface area (Å²) < 4.78 is 1.02. The first kappa shape index (κ1) is 12.4. The van der Waals surface area contributed by atoms with Gasteiger partial charge in [-0.2, -0.15) is 0 Å². The van der Waals surface area contributed by atoms with Gasteiger partial charge in [-0.15, -0.1) is 0 Å². The number of nitrogens with one attached hydrogen (secondary N) is 1. The number of benzene rings is 2. The molecule has 2 aromatic rings. The van der Waals surface area contributed by atoms with Gasteiger partial charge in [-0.25, -0.2) is 0 Å². The molecule has 2 nitrogen and oxygen atoms in total. The van der Waals surface area contributed by atoms with Gasteiger partial charge in [0.2, 0.25) is 0 Å². The largest absolute Gasteiger partial charge is 0.321 e. The third-order valence-corrected chi connectivity index (χ3v) is 3.21. The predicted octanol–water partition coefficient (Wildman–Crippen LogP) is 4.20. The topological polar surface area (TPSA) is 29.1 Å². The SMILES string of the molecule is O=C(Nc1ccccc1Cl)c1cccc(I)c1. The van der Waals surface area contributed by atoms with Gasteiger partial charge in [-0.3, -0.25) is 4.79 Å². The van der Waals surface area contributed by atoms with Crippen molar-refractivity contribution in [3.05, 3.63) is 62.7 Å². The Labute approximate surface area is 118 Å². The van der Waals surface area contributed by atoms with Gasteiger partial charge >= 0.3 is 0 Å². The lowest BCUT2D eigenvalue weighted by atomic mass is 10.2. The Morgan fingerprint density at radius 3 is 2.59 bits per heavy atom. The number of hydrogen-bond donors (Lipinski definition) is 1. The molecule has 2 aromatic carbocycles. The summed E-state index contributed by atoms with van der Waals surface area (Å²) in [5, 5.41) is 3.31. The van der Waals surface area contributed by atoms with Crippen molar-refractivity contribution in [2.24, 2.45) is 0 Å². The molecule has 0 aliphatic carbocycles. The molecule has 0 atom stereocenters. The van der Waals surface area contributed by atoms with Gasteiger partial charge in [-0.05, 0) is 52.9 Å². The molecular weight excluding hydrogens is 349 g/mol. The highest BCUT2D eigenvalue weighted by molar-refractivity contribution is 14.1. The second-order valence-electron chi connectivity index (χ2n) is 3.44. The highest BCUT2D eigenvalue weighted by Gasteiger charge is 2.07. The van der Waals surface area contributed by atoms with Crippen LogP contribution in [0, 0.1) is 3.57 Å². The van der Waals surface area contributed by atoms with Gasteiger partial charge in [0.05, 0.1) is 10.7 Å². The van der Waals surface area contributed by atoms with Crippen molar-refractivity contribution >= 4 is 45.8 Å². The van der Waals surface area contributed by atoms with Crippen LogP contribution < -0.4 is 5.32 Å². The third kappa shape index (κ3) is 3.20. The summed E-state index contributed by atoms with van der Waals surface area (Å²) in [4.78, 5) is 11.9. The number of halogens is 2. The van der Waals surface area contributed by atoms with Gasteiger partial charge in [-0.1, -0.05) is 29.8 Å². The van der Waals surface area contributed by atoms with E-state index in [0.717, 1.165) is 3.57 Å². The highest BCUT2D eigenvalue weighted by Crippen LogP contribution is 2.21. The summed E-state index contributed by atoms with van der Waals surface area (Å²) in [6.07, 6.45) is 0. The fourth-order valence-electron chi connectivity index (χ4n) is 1.39. The molecule has 0 spiro atoms. The van der Waals surface area contributed by atoms with Crippen molar-refractivity contribution in [2.75, 3.05) is 5.32 Å². The summed E-state index contributed by atoms with van der Waals surface area (Å²) in [5.74, 6) is -0.156. The second kappa shape index (κ2) is 5.51. The fraction of sp³-hybridized carbons (Fsp3) is 0. The van der Waals surface area contributed by atoms with E-state index in [-0.39, 0.29) is 5.91 Å². The van der Waals surface area contributed by atoms with Crippen LogP contribution >= 0.6 is 34.2 Å². The molecule has 0 fully saturated rings. The molecule has 0 aromatic heterocycles. The van der Waals surface area contributed by atoms with E-state index in [1.165, 1.54) is 0 Å². The summed E-state index contributed by atoms with van der Waals surface area (Å²) >= 11 is 8.14. The van der Waals surface area contributed by atoms with Crippen molar-refractivity contribution in [1.82, 2.24) is 0 Å². The second-order valence-corrected chi connectivity index (χ2v) is 5.10. The lowest BCUT2D eigenvalue weighted by Gasteiger charge is -2.07. The van der Waals surface area contributed by atoms with E-state index in [1.54, 1.807) is 18.2 Å². The van der Waals surface area contributed by atoms with Crippen LogP contribution in [0.3, 0.4) is 0 Å². The van der Waals surface area contributed by atoms with Crippen LogP contribution in [0.1, 0.15) is 10.4 Å². The predicted molar refractivity (Wildman–Crippen MR) is 78.6 cm³/mol. The first-order valence-corrected chi connectivity index (χ1v) is 6.44. The minimum absolute atomic E-state index is 0.156. The normalized spacial score (nSPS) is 10.0. The van der Waals surface area contributed by atoms with E-state index >= 15 is 0 Å². The quantitative estimate of drug-likeness (QED) is 0.802. The first-order valence-electron chi connectivity index (χ1n) is 4.98. The van der Waals surface area contributed by atoms with Gasteiger partial charge in [0.25, 0.3) is 5.91 Å². The van der Waals surface area contributed by atoms with Crippen LogP contribution in [-0.2, 0) is 0 Å². The lowest BCUT2D eigenvalue weighted by Crippen LogP contribution is -2.12. The average Bonchev–Trinajstić information content (AvgIpc) is 2.32. The molecule has 0 aliphatic rings. The molecule has 0 radical (unpaired) electrons. The van der Waals surface area contributed by atoms with Crippen molar-refractivity contribution in [2.45, 2.75) is 0 Å². The molecule has 1 amide bonds. The van der Waals surface area contributed by atoms with E-state index in [4.69, 9.17) is 11.6 Å². The van der Waals surface area contributed by atoms with Crippen LogP contribution in [0.25, 0.3) is 0 Å². The Kier molecular flexibility index (Phi) is 4.02. The molecule has 0 heterocycles. The van der Waals surface area contributed by atoms with E-state index in [0.29, 0.717) is 16.3 Å². The van der Waals surface area contributed by atoms with Gasteiger partial charge in [0.1, 0.15) is 0 Å². The summed E-state index contributed by atoms with van der Waals surface area (Å²) in [6, 6.07) is 14.6. The van der Waals surface area contributed by atoms with Gasteiger partial charge in [0, 0.05) is 9.13 Å². The molecule has 86 valence electrons. The molecule has 0 bridgehead atoms. The van der Waals surface area contributed by atoms with Crippen LogP contribution in [0.2, 0.25) is 5.02 Å². The van der Waals surface area contributed by atoms with E-state index in [2.05, 4.69) is 27.9 Å². The summed E-state index contributed by atoms with van der Waals surface area (Å²) in [7, 11) is 0. The number of amides is 1. The number of hydrogen-bond acceptors (Lipinski definition) is 1. The lowest BCUT2D eigenvalue weighted by molar-refractivity contribution is 0.102. The first-order chi connectivity index (χ1) is 8.16. The Balaban J connectivity index is 2.20. The minimum Gasteiger partial charge on any atom is -0.321 e. The number of para-hydroxylation sites is 1. The monoisotopic (exact) mass is 357 g/mol. The molecule has 17 heavy (non-hydrogen) atoms. The summed E-state index contributed by atoms with van der Waals surface area (Å²) in [5.41, 5.74) is 1.25. The van der Waals surface area contributed by atoms with Gasteiger partial charge < -0.3 is 5.32 Å². The van der Waals surface area contributed by atoms with Gasteiger partial charge in [0.15, 0.2) is 0 Å². The Bertz CT molecular complexity index is 557. The number of carbonyl (C=O) groups excluding carboxylic acids is 1. The minimum atomic E-state index is -0.156. The van der Waals surface area contributed by atoms with Crippen LogP contribution in [-0.4, -0.2) is 5.91 Å². The molecule has 4 heteroatoms. The maximum absolute atomic E-state index is 11.9. The van der Waals surface area contributed by atoms with E-state index < -0.39 is 0 Å². The maximum atomic E-state index is 11.9. The zero-order valence-corrected chi connectivity index (χ0v) is 11.7. The fourth-order valence-corrected chi connectivity index (χ4v) is 2.11. The summed E-state index contributed by atoms with van der Waals surface area (Å²) in [6.45, 7) is 0. The molecule has 0 saturated heterocycles. The highest BCUT2D eigenvalue weighted by atomic mass is 127. The third-order valence-electron chi connectivity index (χ3n) is 2.21. The van der Waals surface area contributed by atoms with Crippen molar-refractivity contribution < 1.29 is 4.79 Å². The molecule has 0 saturated carbocycles. The maximum Gasteiger partial charge on any atom is 0.255 e. The molecule has 0 aliphatic heterocycles. The van der Waals surface area contributed by atoms with Crippen LogP contribution in [0.15, 0.2) is 48.5 Å². The number of anilines is 1. The van der Waals surface area contributed by atoms with Crippen molar-refractivity contribution in [1.29, 1.82) is 0 Å².